The van der Waals surface area contributed by atoms with Crippen LogP contribution in [0, 0.1) is 11.3 Å². The van der Waals surface area contributed by atoms with Crippen LogP contribution in [0.2, 0.25) is 0 Å². The van der Waals surface area contributed by atoms with E-state index in [-0.39, 0.29) is 18.0 Å². The van der Waals surface area contributed by atoms with Crippen LogP contribution < -0.4 is 4.90 Å². The van der Waals surface area contributed by atoms with Crippen molar-refractivity contribution in [2.24, 2.45) is 0 Å². The summed E-state index contributed by atoms with van der Waals surface area (Å²) in [5.41, 5.74) is 3.58. The first-order chi connectivity index (χ1) is 19.0. The average molecular weight is 531 g/mol. The first kappa shape index (κ1) is 24.7. The summed E-state index contributed by atoms with van der Waals surface area (Å²) in [6.45, 7) is -0.948. The molecule has 39 heavy (non-hydrogen) atoms. The lowest BCUT2D eigenvalue weighted by molar-refractivity contribution is -0.140. The van der Waals surface area contributed by atoms with Crippen molar-refractivity contribution in [3.63, 3.8) is 0 Å². The van der Waals surface area contributed by atoms with Gasteiger partial charge in [-0.25, -0.2) is 14.2 Å². The maximum atomic E-state index is 13.1. The lowest BCUT2D eigenvalue weighted by atomic mass is 9.87. The zero-order chi connectivity index (χ0) is 27.1. The molecule has 0 aliphatic carbocycles. The maximum Gasteiger partial charge on any atom is 0.333 e. The first-order valence-electron chi connectivity index (χ1n) is 12.4. The molecule has 3 saturated heterocycles. The van der Waals surface area contributed by atoms with E-state index in [2.05, 4.69) is 21.2 Å². The van der Waals surface area contributed by atoms with E-state index in [1.54, 1.807) is 36.2 Å². The Labute approximate surface area is 222 Å². The van der Waals surface area contributed by atoms with Gasteiger partial charge in [0.15, 0.2) is 0 Å². The van der Waals surface area contributed by atoms with Crippen molar-refractivity contribution in [2.75, 3.05) is 31.7 Å². The Bertz CT molecular complexity index is 1590. The highest BCUT2D eigenvalue weighted by Gasteiger charge is 2.46. The van der Waals surface area contributed by atoms with Crippen LogP contribution in [0.1, 0.15) is 18.5 Å². The predicted octanol–water partition coefficient (Wildman–Crippen LogP) is 3.52. The molecule has 0 saturated carbocycles. The third kappa shape index (κ3) is 4.40. The SMILES string of the molecule is COC/C=C/C(=O)N1C2CC1CN(c1ccc(-c3cc(-c4cnn(C(F)F)c4)cn4ncc(C#N)c34)cn1)C2. The summed E-state index contributed by atoms with van der Waals surface area (Å²) in [5, 5.41) is 17.7. The highest BCUT2D eigenvalue weighted by Crippen LogP contribution is 2.36. The number of halogens is 2. The predicted molar refractivity (Wildman–Crippen MR) is 138 cm³/mol. The van der Waals surface area contributed by atoms with Crippen LogP contribution in [-0.4, -0.2) is 74.1 Å². The molecule has 2 bridgehead atoms. The number of piperidine rings is 1. The van der Waals surface area contributed by atoms with Crippen molar-refractivity contribution in [3.05, 3.63) is 66.9 Å². The summed E-state index contributed by atoms with van der Waals surface area (Å²) in [5.74, 6) is 0.809. The number of rotatable bonds is 7. The molecule has 0 radical (unpaired) electrons. The lowest BCUT2D eigenvalue weighted by Gasteiger charge is -2.56. The number of fused-ring (bicyclic) bond motifs is 3. The van der Waals surface area contributed by atoms with Gasteiger partial charge in [0, 0.05) is 67.1 Å². The molecule has 0 N–H and O–H groups in total. The number of aromatic nitrogens is 5. The van der Waals surface area contributed by atoms with Gasteiger partial charge in [-0.05, 0) is 24.6 Å². The largest absolute Gasteiger partial charge is 0.381 e. The number of hydrogen-bond acceptors (Lipinski definition) is 7. The number of amides is 1. The van der Waals surface area contributed by atoms with E-state index >= 15 is 0 Å². The van der Waals surface area contributed by atoms with E-state index in [9.17, 15) is 18.8 Å². The van der Waals surface area contributed by atoms with Gasteiger partial charge in [0.25, 0.3) is 0 Å². The van der Waals surface area contributed by atoms with Gasteiger partial charge >= 0.3 is 6.55 Å². The molecule has 4 aromatic rings. The fourth-order valence-corrected chi connectivity index (χ4v) is 5.40. The number of piperazine rings is 1. The van der Waals surface area contributed by atoms with E-state index < -0.39 is 6.55 Å². The van der Waals surface area contributed by atoms with E-state index in [0.717, 1.165) is 17.8 Å². The topological polar surface area (TPSA) is 105 Å². The minimum atomic E-state index is -2.74. The number of pyridine rings is 2. The summed E-state index contributed by atoms with van der Waals surface area (Å²) in [7, 11) is 1.59. The number of methoxy groups -OCH3 is 1. The monoisotopic (exact) mass is 530 g/mol. The number of anilines is 1. The fourth-order valence-electron chi connectivity index (χ4n) is 5.40. The molecule has 198 valence electrons. The van der Waals surface area contributed by atoms with Crippen LogP contribution in [0.25, 0.3) is 27.8 Å². The molecule has 10 nitrogen and oxygen atoms in total. The van der Waals surface area contributed by atoms with Crippen LogP contribution in [0.15, 0.2) is 61.3 Å². The molecule has 3 fully saturated rings. The van der Waals surface area contributed by atoms with Gasteiger partial charge in [-0.3, -0.25) is 4.79 Å². The van der Waals surface area contributed by atoms with Gasteiger partial charge < -0.3 is 14.5 Å². The second kappa shape index (κ2) is 9.92. The number of carbonyl (C=O) groups is 1. The normalized spacial score (nSPS) is 18.6. The molecule has 7 rings (SSSR count). The van der Waals surface area contributed by atoms with Crippen LogP contribution in [-0.2, 0) is 9.53 Å². The molecular weight excluding hydrogens is 506 g/mol. The van der Waals surface area contributed by atoms with E-state index in [4.69, 9.17) is 9.72 Å². The van der Waals surface area contributed by atoms with Crippen molar-refractivity contribution in [1.29, 1.82) is 5.26 Å². The molecule has 0 aromatic carbocycles. The van der Waals surface area contributed by atoms with Crippen LogP contribution in [0.4, 0.5) is 14.6 Å². The molecule has 7 heterocycles. The second-order valence-electron chi connectivity index (χ2n) is 9.55. The zero-order valence-electron chi connectivity index (χ0n) is 21.0. The number of carbonyl (C=O) groups excluding carboxylic acids is 1. The number of hydrogen-bond donors (Lipinski definition) is 0. The third-order valence-corrected chi connectivity index (χ3v) is 7.22. The highest BCUT2D eigenvalue weighted by atomic mass is 19.3. The van der Waals surface area contributed by atoms with Crippen LogP contribution in [0.5, 0.6) is 0 Å². The van der Waals surface area contributed by atoms with Crippen molar-refractivity contribution in [1.82, 2.24) is 29.3 Å². The lowest BCUT2D eigenvalue weighted by Crippen LogP contribution is -2.70. The number of nitrogens with zero attached hydrogens (tertiary/aromatic N) is 8. The quantitative estimate of drug-likeness (QED) is 0.337. The Balaban J connectivity index is 1.27. The molecular formula is C27H24F2N8O2. The van der Waals surface area contributed by atoms with Gasteiger partial charge in [0.1, 0.15) is 11.9 Å². The fraction of sp³-hybridized carbons (Fsp3) is 0.296. The molecule has 3 aliphatic rings. The minimum absolute atomic E-state index is 0.00773. The summed E-state index contributed by atoms with van der Waals surface area (Å²) in [6.07, 6.45) is 11.8. The standard InChI is InChI=1S/C27H24F2N8O2/c1-39-6-2-3-25(38)37-21-8-22(37)16-34(15-21)24-5-4-17(10-31-24)23-7-18(20-12-33-36(14-20)27(28)29)13-35-26(23)19(9-30)11-32-35/h2-5,7,10-14,21-22,27H,6,8,15-16H2,1H3/b3-2+. The van der Waals surface area contributed by atoms with E-state index in [1.165, 1.54) is 18.6 Å². The second-order valence-corrected chi connectivity index (χ2v) is 9.55. The van der Waals surface area contributed by atoms with Gasteiger partial charge in [-0.15, -0.1) is 0 Å². The molecule has 2 unspecified atom stereocenters. The van der Waals surface area contributed by atoms with Crippen molar-refractivity contribution < 1.29 is 18.3 Å². The van der Waals surface area contributed by atoms with Gasteiger partial charge in [-0.1, -0.05) is 6.08 Å². The van der Waals surface area contributed by atoms with Crippen LogP contribution >= 0.6 is 0 Å². The summed E-state index contributed by atoms with van der Waals surface area (Å²) in [6, 6.07) is 8.13. The molecule has 12 heteroatoms. The summed E-state index contributed by atoms with van der Waals surface area (Å²) < 4.78 is 33.3. The van der Waals surface area contributed by atoms with Crippen molar-refractivity contribution in [3.8, 4) is 28.3 Å². The van der Waals surface area contributed by atoms with Gasteiger partial charge in [0.2, 0.25) is 5.91 Å². The van der Waals surface area contributed by atoms with Crippen molar-refractivity contribution >= 4 is 17.2 Å². The number of nitriles is 1. The average Bonchev–Trinajstić information content (AvgIpc) is 3.61. The van der Waals surface area contributed by atoms with Crippen molar-refractivity contribution in [2.45, 2.75) is 25.1 Å². The summed E-state index contributed by atoms with van der Waals surface area (Å²) in [4.78, 5) is 21.3. The van der Waals surface area contributed by atoms with Crippen LogP contribution in [0.3, 0.4) is 0 Å². The Kier molecular flexibility index (Phi) is 6.28. The van der Waals surface area contributed by atoms with E-state index in [0.29, 0.717) is 52.1 Å². The molecule has 4 aromatic heterocycles. The maximum absolute atomic E-state index is 13.1. The highest BCUT2D eigenvalue weighted by molar-refractivity contribution is 5.89. The Morgan fingerprint density at radius 3 is 2.64 bits per heavy atom. The van der Waals surface area contributed by atoms with Gasteiger partial charge in [0.05, 0.1) is 42.2 Å². The number of alkyl halides is 2. The Morgan fingerprint density at radius 2 is 1.97 bits per heavy atom. The smallest absolute Gasteiger partial charge is 0.333 e. The number of ether oxygens (including phenoxy) is 1. The van der Waals surface area contributed by atoms with E-state index in [1.807, 2.05) is 23.1 Å². The Morgan fingerprint density at radius 1 is 1.15 bits per heavy atom. The summed E-state index contributed by atoms with van der Waals surface area (Å²) >= 11 is 0. The zero-order valence-corrected chi connectivity index (χ0v) is 21.0. The van der Waals surface area contributed by atoms with Gasteiger partial charge in [-0.2, -0.15) is 24.2 Å². The minimum Gasteiger partial charge on any atom is -0.381 e. The molecule has 1 amide bonds. The third-order valence-electron chi connectivity index (χ3n) is 7.22. The first-order valence-corrected chi connectivity index (χ1v) is 12.4. The Hall–Kier alpha value is -4.63. The molecule has 2 atom stereocenters. The molecule has 0 spiro atoms. The molecule has 3 aliphatic heterocycles.